The van der Waals surface area contributed by atoms with Crippen LogP contribution in [-0.2, 0) is 6.42 Å². The number of rotatable bonds is 3. The van der Waals surface area contributed by atoms with Crippen LogP contribution >= 0.6 is 0 Å². The Morgan fingerprint density at radius 2 is 1.81 bits per heavy atom. The van der Waals surface area contributed by atoms with E-state index in [2.05, 4.69) is 42.3 Å². The van der Waals surface area contributed by atoms with Crippen LogP contribution in [0.3, 0.4) is 0 Å². The van der Waals surface area contributed by atoms with Gasteiger partial charge < -0.3 is 4.90 Å². The standard InChI is InChI=1S/C19H21NO/c1-3-19(21)15-8-6-14(7-9-15)16-10-11-18-17(13-16)5-4-12-20(18)2/h6-11,13H,3-5,12H2,1-2H3. The Labute approximate surface area is 126 Å². The van der Waals surface area contributed by atoms with Crippen LogP contribution in [0.2, 0.25) is 0 Å². The summed E-state index contributed by atoms with van der Waals surface area (Å²) in [6.45, 7) is 3.04. The van der Waals surface area contributed by atoms with E-state index in [1.165, 1.54) is 28.8 Å². The van der Waals surface area contributed by atoms with Crippen molar-refractivity contribution >= 4 is 11.5 Å². The van der Waals surface area contributed by atoms with Gasteiger partial charge in [0.1, 0.15) is 0 Å². The van der Waals surface area contributed by atoms with Crippen LogP contribution in [0, 0.1) is 0 Å². The maximum atomic E-state index is 11.7. The number of carbonyl (C=O) groups excluding carboxylic acids is 1. The maximum Gasteiger partial charge on any atom is 0.162 e. The predicted molar refractivity (Wildman–Crippen MR) is 88.1 cm³/mol. The minimum atomic E-state index is 0.202. The van der Waals surface area contributed by atoms with E-state index in [1.54, 1.807) is 0 Å². The zero-order valence-corrected chi connectivity index (χ0v) is 12.7. The third-order valence-electron chi connectivity index (χ3n) is 4.29. The number of anilines is 1. The van der Waals surface area contributed by atoms with Crippen molar-refractivity contribution in [1.82, 2.24) is 0 Å². The molecule has 2 aromatic carbocycles. The molecule has 2 nitrogen and oxygen atoms in total. The van der Waals surface area contributed by atoms with Gasteiger partial charge in [0.15, 0.2) is 5.78 Å². The average molecular weight is 279 g/mol. The van der Waals surface area contributed by atoms with Crippen molar-refractivity contribution in [2.75, 3.05) is 18.5 Å². The fraction of sp³-hybridized carbons (Fsp3) is 0.316. The lowest BCUT2D eigenvalue weighted by Crippen LogP contribution is -2.24. The Morgan fingerprint density at radius 3 is 2.52 bits per heavy atom. The Balaban J connectivity index is 1.92. The highest BCUT2D eigenvalue weighted by molar-refractivity contribution is 5.96. The van der Waals surface area contributed by atoms with Gasteiger partial charge in [-0.05, 0) is 41.7 Å². The van der Waals surface area contributed by atoms with Crippen molar-refractivity contribution in [3.8, 4) is 11.1 Å². The normalized spacial score (nSPS) is 13.9. The lowest BCUT2D eigenvalue weighted by molar-refractivity contribution is 0.0988. The second kappa shape index (κ2) is 5.72. The summed E-state index contributed by atoms with van der Waals surface area (Å²) in [4.78, 5) is 14.0. The molecule has 0 atom stereocenters. The lowest BCUT2D eigenvalue weighted by Gasteiger charge is -2.27. The third kappa shape index (κ3) is 2.71. The summed E-state index contributed by atoms with van der Waals surface area (Å²) in [7, 11) is 2.16. The van der Waals surface area contributed by atoms with E-state index in [9.17, 15) is 4.79 Å². The summed E-state index contributed by atoms with van der Waals surface area (Å²) in [5.41, 5.74) is 6.00. The average Bonchev–Trinajstić information content (AvgIpc) is 2.54. The first-order valence-corrected chi connectivity index (χ1v) is 7.66. The molecule has 0 radical (unpaired) electrons. The number of Topliss-reactive ketones (excluding diaryl/α,β-unsaturated/α-hetero) is 1. The van der Waals surface area contributed by atoms with Crippen molar-refractivity contribution in [3.63, 3.8) is 0 Å². The first kappa shape index (κ1) is 13.9. The molecule has 1 heterocycles. The van der Waals surface area contributed by atoms with Gasteiger partial charge in [0, 0.05) is 31.3 Å². The SMILES string of the molecule is CCC(=O)c1ccc(-c2ccc3c(c2)CCCN3C)cc1. The smallest absolute Gasteiger partial charge is 0.162 e. The quantitative estimate of drug-likeness (QED) is 0.779. The molecule has 2 aromatic rings. The molecule has 108 valence electrons. The summed E-state index contributed by atoms with van der Waals surface area (Å²) in [5.74, 6) is 0.202. The number of nitrogens with zero attached hydrogens (tertiary/aromatic N) is 1. The van der Waals surface area contributed by atoms with Gasteiger partial charge in [-0.1, -0.05) is 37.3 Å². The lowest BCUT2D eigenvalue weighted by atomic mass is 9.95. The van der Waals surface area contributed by atoms with Crippen LogP contribution in [0.4, 0.5) is 5.69 Å². The summed E-state index contributed by atoms with van der Waals surface area (Å²) >= 11 is 0. The Bertz CT molecular complexity index is 658. The van der Waals surface area contributed by atoms with Gasteiger partial charge in [-0.2, -0.15) is 0 Å². The van der Waals surface area contributed by atoms with Gasteiger partial charge in [-0.3, -0.25) is 4.79 Å². The molecule has 0 saturated heterocycles. The molecule has 3 rings (SSSR count). The molecule has 21 heavy (non-hydrogen) atoms. The third-order valence-corrected chi connectivity index (χ3v) is 4.29. The maximum absolute atomic E-state index is 11.7. The first-order chi connectivity index (χ1) is 10.2. The van der Waals surface area contributed by atoms with Crippen molar-refractivity contribution in [3.05, 3.63) is 53.6 Å². The number of ketones is 1. The second-order valence-electron chi connectivity index (χ2n) is 5.72. The van der Waals surface area contributed by atoms with Crippen LogP contribution in [0.5, 0.6) is 0 Å². The Hall–Kier alpha value is -2.09. The van der Waals surface area contributed by atoms with E-state index in [0.29, 0.717) is 6.42 Å². The molecule has 1 aliphatic rings. The van der Waals surface area contributed by atoms with Gasteiger partial charge in [0.05, 0.1) is 0 Å². The Kier molecular flexibility index (Phi) is 3.78. The molecule has 0 bridgehead atoms. The fourth-order valence-electron chi connectivity index (χ4n) is 3.02. The van der Waals surface area contributed by atoms with Crippen LogP contribution < -0.4 is 4.90 Å². The van der Waals surface area contributed by atoms with Crippen LogP contribution in [0.1, 0.15) is 35.7 Å². The molecule has 0 aliphatic carbocycles. The first-order valence-electron chi connectivity index (χ1n) is 7.66. The van der Waals surface area contributed by atoms with Gasteiger partial charge in [-0.15, -0.1) is 0 Å². The molecule has 2 heteroatoms. The molecule has 0 unspecified atom stereocenters. The van der Waals surface area contributed by atoms with E-state index in [1.807, 2.05) is 19.1 Å². The Morgan fingerprint density at radius 1 is 1.10 bits per heavy atom. The van der Waals surface area contributed by atoms with E-state index >= 15 is 0 Å². The van der Waals surface area contributed by atoms with Crippen LogP contribution in [0.15, 0.2) is 42.5 Å². The highest BCUT2D eigenvalue weighted by Gasteiger charge is 2.14. The number of hydrogen-bond donors (Lipinski definition) is 0. The number of carbonyl (C=O) groups is 1. The summed E-state index contributed by atoms with van der Waals surface area (Å²) in [5, 5.41) is 0. The molecule has 1 aliphatic heterocycles. The van der Waals surface area contributed by atoms with Crippen molar-refractivity contribution in [2.24, 2.45) is 0 Å². The molecule has 0 aromatic heterocycles. The predicted octanol–water partition coefficient (Wildman–Crippen LogP) is 4.33. The minimum absolute atomic E-state index is 0.202. The van der Waals surface area contributed by atoms with Crippen molar-refractivity contribution < 1.29 is 4.79 Å². The zero-order valence-electron chi connectivity index (χ0n) is 12.7. The van der Waals surface area contributed by atoms with Crippen molar-refractivity contribution in [2.45, 2.75) is 26.2 Å². The number of fused-ring (bicyclic) bond motifs is 1. The van der Waals surface area contributed by atoms with Crippen molar-refractivity contribution in [1.29, 1.82) is 0 Å². The highest BCUT2D eigenvalue weighted by Crippen LogP contribution is 2.30. The molecule has 0 saturated carbocycles. The van der Waals surface area contributed by atoms with Gasteiger partial charge in [-0.25, -0.2) is 0 Å². The fourth-order valence-corrected chi connectivity index (χ4v) is 3.02. The minimum Gasteiger partial charge on any atom is -0.374 e. The highest BCUT2D eigenvalue weighted by atomic mass is 16.1. The zero-order chi connectivity index (χ0) is 14.8. The monoisotopic (exact) mass is 279 g/mol. The molecule has 0 spiro atoms. The summed E-state index contributed by atoms with van der Waals surface area (Å²) in [6.07, 6.45) is 2.93. The number of aryl methyl sites for hydroxylation is 1. The van der Waals surface area contributed by atoms with E-state index in [-0.39, 0.29) is 5.78 Å². The molecular weight excluding hydrogens is 258 g/mol. The largest absolute Gasteiger partial charge is 0.374 e. The number of benzene rings is 2. The van der Waals surface area contributed by atoms with E-state index in [4.69, 9.17) is 0 Å². The van der Waals surface area contributed by atoms with E-state index < -0.39 is 0 Å². The molecule has 0 N–H and O–H groups in total. The summed E-state index contributed by atoms with van der Waals surface area (Å²) < 4.78 is 0. The molecule has 0 fully saturated rings. The van der Waals surface area contributed by atoms with Gasteiger partial charge in [0.2, 0.25) is 0 Å². The van der Waals surface area contributed by atoms with Crippen LogP contribution in [0.25, 0.3) is 11.1 Å². The summed E-state index contributed by atoms with van der Waals surface area (Å²) in [6, 6.07) is 14.7. The van der Waals surface area contributed by atoms with Gasteiger partial charge >= 0.3 is 0 Å². The second-order valence-corrected chi connectivity index (χ2v) is 5.72. The molecular formula is C19H21NO. The molecule has 0 amide bonds. The number of hydrogen-bond acceptors (Lipinski definition) is 2. The van der Waals surface area contributed by atoms with Crippen LogP contribution in [-0.4, -0.2) is 19.4 Å². The van der Waals surface area contributed by atoms with E-state index in [0.717, 1.165) is 18.5 Å². The topological polar surface area (TPSA) is 20.3 Å². The van der Waals surface area contributed by atoms with Gasteiger partial charge in [0.25, 0.3) is 0 Å².